The first-order chi connectivity index (χ1) is 9.54. The molecule has 112 valence electrons. The SMILES string of the molecule is CC1CCCC(CO)(NCC(O)c2ccc(F)cc2)C1. The molecule has 1 fully saturated rings. The highest BCUT2D eigenvalue weighted by Gasteiger charge is 2.34. The number of hydrogen-bond donors (Lipinski definition) is 3. The fourth-order valence-electron chi connectivity index (χ4n) is 3.14. The summed E-state index contributed by atoms with van der Waals surface area (Å²) in [6.45, 7) is 2.66. The van der Waals surface area contributed by atoms with E-state index in [1.807, 2.05) is 0 Å². The van der Waals surface area contributed by atoms with Crippen LogP contribution >= 0.6 is 0 Å². The Bertz CT molecular complexity index is 423. The van der Waals surface area contributed by atoms with Gasteiger partial charge in [-0.1, -0.05) is 31.9 Å². The Hall–Kier alpha value is -0.970. The number of benzene rings is 1. The molecule has 3 unspecified atom stereocenters. The number of hydrogen-bond acceptors (Lipinski definition) is 3. The van der Waals surface area contributed by atoms with Gasteiger partial charge >= 0.3 is 0 Å². The van der Waals surface area contributed by atoms with Crippen LogP contribution in [0.5, 0.6) is 0 Å². The van der Waals surface area contributed by atoms with Crippen LogP contribution in [0.15, 0.2) is 24.3 Å². The van der Waals surface area contributed by atoms with Gasteiger partial charge in [-0.05, 0) is 36.5 Å². The first-order valence-electron chi connectivity index (χ1n) is 7.34. The maximum atomic E-state index is 12.9. The van der Waals surface area contributed by atoms with Gasteiger partial charge in [0.25, 0.3) is 0 Å². The molecule has 1 aliphatic rings. The first kappa shape index (κ1) is 15.4. The lowest BCUT2D eigenvalue weighted by Gasteiger charge is -2.40. The summed E-state index contributed by atoms with van der Waals surface area (Å²) in [6.07, 6.45) is 3.48. The summed E-state index contributed by atoms with van der Waals surface area (Å²) in [7, 11) is 0. The van der Waals surface area contributed by atoms with Gasteiger partial charge in [0.1, 0.15) is 5.82 Å². The zero-order valence-electron chi connectivity index (χ0n) is 12.0. The summed E-state index contributed by atoms with van der Waals surface area (Å²) < 4.78 is 12.9. The Morgan fingerprint density at radius 3 is 2.70 bits per heavy atom. The normalized spacial score (nSPS) is 28.3. The molecule has 1 aliphatic carbocycles. The van der Waals surface area contributed by atoms with Gasteiger partial charge in [-0.15, -0.1) is 0 Å². The van der Waals surface area contributed by atoms with Crippen LogP contribution in [-0.2, 0) is 0 Å². The van der Waals surface area contributed by atoms with E-state index in [4.69, 9.17) is 0 Å². The van der Waals surface area contributed by atoms with E-state index in [9.17, 15) is 14.6 Å². The molecule has 0 aliphatic heterocycles. The standard InChI is InChI=1S/C16H24FNO2/c1-12-3-2-8-16(9-12,11-19)18-10-15(20)13-4-6-14(17)7-5-13/h4-7,12,15,18-20H,2-3,8-11H2,1H3. The van der Waals surface area contributed by atoms with Crippen LogP contribution in [0, 0.1) is 11.7 Å². The Balaban J connectivity index is 1.94. The number of rotatable bonds is 5. The molecule has 0 heterocycles. The predicted octanol–water partition coefficient (Wildman–Crippen LogP) is 2.39. The van der Waals surface area contributed by atoms with Gasteiger partial charge in [-0.3, -0.25) is 0 Å². The molecule has 1 saturated carbocycles. The van der Waals surface area contributed by atoms with E-state index in [1.165, 1.54) is 18.6 Å². The smallest absolute Gasteiger partial charge is 0.123 e. The molecule has 1 aromatic carbocycles. The summed E-state index contributed by atoms with van der Waals surface area (Å²) in [5, 5.41) is 23.2. The zero-order valence-corrected chi connectivity index (χ0v) is 12.0. The van der Waals surface area contributed by atoms with E-state index < -0.39 is 6.10 Å². The molecule has 20 heavy (non-hydrogen) atoms. The molecule has 0 radical (unpaired) electrons. The van der Waals surface area contributed by atoms with Crippen molar-refractivity contribution in [2.75, 3.05) is 13.2 Å². The highest BCUT2D eigenvalue weighted by Crippen LogP contribution is 2.32. The van der Waals surface area contributed by atoms with Crippen LogP contribution in [0.25, 0.3) is 0 Å². The lowest BCUT2D eigenvalue weighted by atomic mass is 9.76. The Morgan fingerprint density at radius 2 is 2.10 bits per heavy atom. The number of β-amino-alcohol motifs (C(OH)–C–C–N with tert-alkyl or cyclic N) is 1. The van der Waals surface area contributed by atoms with E-state index in [-0.39, 0.29) is 18.0 Å². The highest BCUT2D eigenvalue weighted by atomic mass is 19.1. The Morgan fingerprint density at radius 1 is 1.40 bits per heavy atom. The van der Waals surface area contributed by atoms with Gasteiger partial charge in [0, 0.05) is 12.1 Å². The van der Waals surface area contributed by atoms with Crippen LogP contribution in [0.2, 0.25) is 0 Å². The van der Waals surface area contributed by atoms with E-state index in [2.05, 4.69) is 12.2 Å². The van der Waals surface area contributed by atoms with Gasteiger partial charge in [0.15, 0.2) is 0 Å². The fraction of sp³-hybridized carbons (Fsp3) is 0.625. The van der Waals surface area contributed by atoms with Crippen LogP contribution < -0.4 is 5.32 Å². The van der Waals surface area contributed by atoms with Crippen molar-refractivity contribution < 1.29 is 14.6 Å². The second-order valence-electron chi connectivity index (χ2n) is 6.09. The minimum Gasteiger partial charge on any atom is -0.394 e. The zero-order chi connectivity index (χ0) is 14.6. The monoisotopic (exact) mass is 281 g/mol. The van der Waals surface area contributed by atoms with Crippen molar-refractivity contribution in [3.63, 3.8) is 0 Å². The molecule has 0 saturated heterocycles. The lowest BCUT2D eigenvalue weighted by Crippen LogP contribution is -2.52. The molecule has 0 aromatic heterocycles. The van der Waals surface area contributed by atoms with E-state index in [1.54, 1.807) is 12.1 Å². The lowest BCUT2D eigenvalue weighted by molar-refractivity contribution is 0.0789. The Kier molecular flexibility index (Phi) is 5.13. The summed E-state index contributed by atoms with van der Waals surface area (Å²) >= 11 is 0. The maximum absolute atomic E-state index is 12.9. The van der Waals surface area contributed by atoms with Gasteiger partial charge in [-0.2, -0.15) is 0 Å². The van der Waals surface area contributed by atoms with Crippen molar-refractivity contribution in [2.45, 2.75) is 44.2 Å². The quantitative estimate of drug-likeness (QED) is 0.777. The first-order valence-corrected chi connectivity index (χ1v) is 7.34. The number of aliphatic hydroxyl groups is 2. The van der Waals surface area contributed by atoms with Gasteiger partial charge in [0.2, 0.25) is 0 Å². The molecule has 2 rings (SSSR count). The van der Waals surface area contributed by atoms with Gasteiger partial charge in [0.05, 0.1) is 12.7 Å². The van der Waals surface area contributed by atoms with Crippen molar-refractivity contribution >= 4 is 0 Å². The molecular formula is C16H24FNO2. The average Bonchev–Trinajstić information content (AvgIpc) is 2.45. The summed E-state index contributed by atoms with van der Waals surface area (Å²) in [6, 6.07) is 5.89. The van der Waals surface area contributed by atoms with Crippen molar-refractivity contribution in [3.05, 3.63) is 35.6 Å². The summed E-state index contributed by atoms with van der Waals surface area (Å²) in [5.41, 5.74) is 0.412. The number of aliphatic hydroxyl groups excluding tert-OH is 2. The molecule has 0 amide bonds. The minimum atomic E-state index is -0.684. The second kappa shape index (κ2) is 6.66. The van der Waals surface area contributed by atoms with Crippen LogP contribution in [0.4, 0.5) is 4.39 Å². The summed E-state index contributed by atoms with van der Waals surface area (Å²) in [4.78, 5) is 0. The van der Waals surface area contributed by atoms with Gasteiger partial charge in [-0.25, -0.2) is 4.39 Å². The van der Waals surface area contributed by atoms with E-state index in [0.717, 1.165) is 19.3 Å². The third kappa shape index (κ3) is 3.78. The third-order valence-corrected chi connectivity index (χ3v) is 4.32. The molecule has 3 atom stereocenters. The topological polar surface area (TPSA) is 52.5 Å². The van der Waals surface area contributed by atoms with Crippen molar-refractivity contribution in [2.24, 2.45) is 5.92 Å². The minimum absolute atomic E-state index is 0.0908. The van der Waals surface area contributed by atoms with Gasteiger partial charge < -0.3 is 15.5 Å². The number of halogens is 1. The predicted molar refractivity (Wildman–Crippen MR) is 76.8 cm³/mol. The molecule has 4 heteroatoms. The largest absolute Gasteiger partial charge is 0.394 e. The molecule has 3 nitrogen and oxygen atoms in total. The molecular weight excluding hydrogens is 257 g/mol. The van der Waals surface area contributed by atoms with Crippen LogP contribution in [-0.4, -0.2) is 28.9 Å². The van der Waals surface area contributed by atoms with Crippen LogP contribution in [0.1, 0.15) is 44.3 Å². The fourth-order valence-corrected chi connectivity index (χ4v) is 3.14. The Labute approximate surface area is 119 Å². The van der Waals surface area contributed by atoms with Crippen molar-refractivity contribution in [1.82, 2.24) is 5.32 Å². The maximum Gasteiger partial charge on any atom is 0.123 e. The third-order valence-electron chi connectivity index (χ3n) is 4.32. The molecule has 1 aromatic rings. The van der Waals surface area contributed by atoms with E-state index in [0.29, 0.717) is 18.0 Å². The second-order valence-corrected chi connectivity index (χ2v) is 6.09. The van der Waals surface area contributed by atoms with E-state index >= 15 is 0 Å². The number of nitrogens with one attached hydrogen (secondary N) is 1. The summed E-state index contributed by atoms with van der Waals surface area (Å²) in [5.74, 6) is 0.285. The van der Waals surface area contributed by atoms with Crippen molar-refractivity contribution in [3.8, 4) is 0 Å². The average molecular weight is 281 g/mol. The molecule has 0 bridgehead atoms. The molecule has 3 N–H and O–H groups in total. The highest BCUT2D eigenvalue weighted by molar-refractivity contribution is 5.18. The van der Waals surface area contributed by atoms with Crippen molar-refractivity contribution in [1.29, 1.82) is 0 Å². The van der Waals surface area contributed by atoms with Crippen LogP contribution in [0.3, 0.4) is 0 Å². The molecule has 0 spiro atoms.